The predicted molar refractivity (Wildman–Crippen MR) is 156 cm³/mol. The smallest absolute Gasteiger partial charge is 0.120 e. The average Bonchev–Trinajstić information content (AvgIpc) is 2.92. The molecule has 0 aromatic heterocycles. The van der Waals surface area contributed by atoms with Gasteiger partial charge in [0.15, 0.2) is 0 Å². The summed E-state index contributed by atoms with van der Waals surface area (Å²) in [4.78, 5) is 7.34. The van der Waals surface area contributed by atoms with Crippen LogP contribution in [0.15, 0.2) is 78.6 Å². The highest BCUT2D eigenvalue weighted by Crippen LogP contribution is 2.38. The molecule has 0 spiro atoms. The Morgan fingerprint density at radius 3 is 2.51 bits per heavy atom. The van der Waals surface area contributed by atoms with Crippen molar-refractivity contribution in [2.24, 2.45) is 0 Å². The summed E-state index contributed by atoms with van der Waals surface area (Å²) in [6, 6.07) is 15.6. The first-order chi connectivity index (χ1) is 18.0. The SMILES string of the molecule is C=C1/C=C\C(O)=C/CCCC(c2ccc(OC)cc2N(CC)Cc2ccc(N3CCN(C)CC3)cc2)C1. The standard InChI is InChI=1S/C32H43N3O2/c1-5-34(24-26-11-13-28(14-12-26)35-20-18-33(3)19-21-35)32-23-30(37-4)16-17-31(32)27-8-6-7-9-29(36)15-10-25(2)22-27/h9-17,23,27,36H,2,5-8,18-22,24H2,1,3-4H3/b15-10-,29-9+. The molecule has 5 nitrogen and oxygen atoms in total. The van der Waals surface area contributed by atoms with E-state index >= 15 is 0 Å². The Kier molecular flexibility index (Phi) is 9.34. The molecular formula is C32H43N3O2. The van der Waals surface area contributed by atoms with Crippen LogP contribution in [0.4, 0.5) is 11.4 Å². The van der Waals surface area contributed by atoms with Gasteiger partial charge in [0, 0.05) is 56.7 Å². The number of allylic oxidation sites excluding steroid dienone is 4. The Morgan fingerprint density at radius 1 is 1.05 bits per heavy atom. The van der Waals surface area contributed by atoms with Gasteiger partial charge in [-0.3, -0.25) is 0 Å². The van der Waals surface area contributed by atoms with Crippen molar-refractivity contribution < 1.29 is 9.84 Å². The fourth-order valence-corrected chi connectivity index (χ4v) is 5.37. The number of methoxy groups -OCH3 is 1. The lowest BCUT2D eigenvalue weighted by Crippen LogP contribution is -2.44. The zero-order chi connectivity index (χ0) is 26.2. The fraction of sp³-hybridized carbons (Fsp3) is 0.438. The van der Waals surface area contributed by atoms with Gasteiger partial charge in [0.25, 0.3) is 0 Å². The van der Waals surface area contributed by atoms with Crippen molar-refractivity contribution in [1.82, 2.24) is 4.90 Å². The molecule has 1 fully saturated rings. The van der Waals surface area contributed by atoms with Crippen LogP contribution in [-0.4, -0.2) is 56.9 Å². The zero-order valence-electron chi connectivity index (χ0n) is 22.8. The number of aliphatic hydroxyl groups is 1. The molecule has 1 atom stereocenters. The predicted octanol–water partition coefficient (Wildman–Crippen LogP) is 6.69. The molecule has 5 heteroatoms. The summed E-state index contributed by atoms with van der Waals surface area (Å²) in [6.07, 6.45) is 9.46. The topological polar surface area (TPSA) is 39.2 Å². The molecule has 198 valence electrons. The number of nitrogens with zero attached hydrogens (tertiary/aromatic N) is 3. The number of hydrogen-bond donors (Lipinski definition) is 1. The molecule has 1 unspecified atom stereocenters. The van der Waals surface area contributed by atoms with Crippen LogP contribution in [0.2, 0.25) is 0 Å². The van der Waals surface area contributed by atoms with Crippen LogP contribution in [0.5, 0.6) is 5.75 Å². The molecular weight excluding hydrogens is 458 g/mol. The molecule has 2 aromatic rings. The molecule has 37 heavy (non-hydrogen) atoms. The number of ether oxygens (including phenoxy) is 1. The number of aliphatic hydroxyl groups excluding tert-OH is 1. The third kappa shape index (κ3) is 7.20. The summed E-state index contributed by atoms with van der Waals surface area (Å²) < 4.78 is 5.65. The normalized spacial score (nSPS) is 21.7. The van der Waals surface area contributed by atoms with E-state index < -0.39 is 0 Å². The number of benzene rings is 2. The number of anilines is 2. The molecule has 0 radical (unpaired) electrons. The molecule has 2 aliphatic rings. The third-order valence-electron chi connectivity index (χ3n) is 7.69. The molecule has 0 bridgehead atoms. The van der Waals surface area contributed by atoms with E-state index in [1.807, 2.05) is 12.2 Å². The maximum atomic E-state index is 9.99. The first-order valence-electron chi connectivity index (χ1n) is 13.7. The number of rotatable bonds is 7. The van der Waals surface area contributed by atoms with Crippen LogP contribution in [-0.2, 0) is 6.54 Å². The van der Waals surface area contributed by atoms with Crippen LogP contribution in [0.3, 0.4) is 0 Å². The number of hydrogen-bond acceptors (Lipinski definition) is 5. The number of piperazine rings is 1. The van der Waals surface area contributed by atoms with Crippen molar-refractivity contribution in [3.05, 3.63) is 89.7 Å². The minimum absolute atomic E-state index is 0.334. The average molecular weight is 502 g/mol. The van der Waals surface area contributed by atoms with Gasteiger partial charge in [-0.1, -0.05) is 36.4 Å². The highest BCUT2D eigenvalue weighted by molar-refractivity contribution is 5.60. The summed E-state index contributed by atoms with van der Waals surface area (Å²) in [7, 11) is 3.93. The van der Waals surface area contributed by atoms with E-state index in [-0.39, 0.29) is 0 Å². The van der Waals surface area contributed by atoms with Gasteiger partial charge in [-0.2, -0.15) is 0 Å². The van der Waals surface area contributed by atoms with Crippen LogP contribution in [0.25, 0.3) is 0 Å². The van der Waals surface area contributed by atoms with Gasteiger partial charge in [-0.15, -0.1) is 0 Å². The van der Waals surface area contributed by atoms with Crippen molar-refractivity contribution in [2.45, 2.75) is 45.1 Å². The summed E-state index contributed by atoms with van der Waals surface area (Å²) in [5.41, 5.74) is 6.25. The van der Waals surface area contributed by atoms with Crippen LogP contribution >= 0.6 is 0 Å². The first kappa shape index (κ1) is 26.9. The van der Waals surface area contributed by atoms with Gasteiger partial charge in [0.05, 0.1) is 7.11 Å². The van der Waals surface area contributed by atoms with E-state index in [1.165, 1.54) is 22.5 Å². The monoisotopic (exact) mass is 501 g/mol. The number of likely N-dealkylation sites (N-methyl/N-ethyl adjacent to an activating group) is 1. The first-order valence-corrected chi connectivity index (χ1v) is 13.7. The highest BCUT2D eigenvalue weighted by atomic mass is 16.5. The van der Waals surface area contributed by atoms with Crippen molar-refractivity contribution in [1.29, 1.82) is 0 Å². The molecule has 1 N–H and O–H groups in total. The van der Waals surface area contributed by atoms with Gasteiger partial charge in [-0.05, 0) is 87.1 Å². The Balaban J connectivity index is 1.56. The maximum absolute atomic E-state index is 9.99. The molecule has 0 amide bonds. The maximum Gasteiger partial charge on any atom is 0.120 e. The van der Waals surface area contributed by atoms with Gasteiger partial charge >= 0.3 is 0 Å². The fourth-order valence-electron chi connectivity index (χ4n) is 5.37. The quantitative estimate of drug-likeness (QED) is 0.458. The molecule has 1 aliphatic heterocycles. The third-order valence-corrected chi connectivity index (χ3v) is 7.69. The minimum atomic E-state index is 0.334. The van der Waals surface area contributed by atoms with E-state index in [4.69, 9.17) is 4.74 Å². The van der Waals surface area contributed by atoms with Crippen molar-refractivity contribution in [3.8, 4) is 5.75 Å². The van der Waals surface area contributed by atoms with E-state index in [1.54, 1.807) is 13.2 Å². The zero-order valence-corrected chi connectivity index (χ0v) is 22.8. The molecule has 2 aromatic carbocycles. The minimum Gasteiger partial charge on any atom is -0.508 e. The van der Waals surface area contributed by atoms with Gasteiger partial charge in [0.1, 0.15) is 11.5 Å². The van der Waals surface area contributed by atoms with Gasteiger partial charge < -0.3 is 24.5 Å². The van der Waals surface area contributed by atoms with Crippen LogP contribution in [0, 0.1) is 0 Å². The van der Waals surface area contributed by atoms with E-state index in [2.05, 4.69) is 77.7 Å². The van der Waals surface area contributed by atoms with Crippen molar-refractivity contribution in [2.75, 3.05) is 56.7 Å². The second kappa shape index (κ2) is 12.9. The van der Waals surface area contributed by atoms with Crippen LogP contribution < -0.4 is 14.5 Å². The molecule has 1 aliphatic carbocycles. The lowest BCUT2D eigenvalue weighted by atomic mass is 9.86. The highest BCUT2D eigenvalue weighted by Gasteiger charge is 2.21. The van der Waals surface area contributed by atoms with E-state index in [0.29, 0.717) is 11.7 Å². The van der Waals surface area contributed by atoms with Crippen LogP contribution in [0.1, 0.15) is 49.7 Å². The van der Waals surface area contributed by atoms with E-state index in [9.17, 15) is 5.11 Å². The van der Waals surface area contributed by atoms with Gasteiger partial charge in [-0.25, -0.2) is 0 Å². The Labute approximate surface area is 223 Å². The van der Waals surface area contributed by atoms with Gasteiger partial charge in [0.2, 0.25) is 0 Å². The second-order valence-corrected chi connectivity index (χ2v) is 10.3. The summed E-state index contributed by atoms with van der Waals surface area (Å²) in [5, 5.41) is 9.99. The lowest BCUT2D eigenvalue weighted by molar-refractivity contribution is 0.313. The molecule has 0 saturated carbocycles. The second-order valence-electron chi connectivity index (χ2n) is 10.3. The Morgan fingerprint density at radius 2 is 1.81 bits per heavy atom. The molecule has 1 heterocycles. The lowest BCUT2D eigenvalue weighted by Gasteiger charge is -2.34. The molecule has 1 saturated heterocycles. The summed E-state index contributed by atoms with van der Waals surface area (Å²) >= 11 is 0. The summed E-state index contributed by atoms with van der Waals surface area (Å²) in [5.74, 6) is 1.58. The molecule has 4 rings (SSSR count). The van der Waals surface area contributed by atoms with Crippen molar-refractivity contribution >= 4 is 11.4 Å². The van der Waals surface area contributed by atoms with Crippen molar-refractivity contribution in [3.63, 3.8) is 0 Å². The Hall–Kier alpha value is -3.18. The Bertz CT molecular complexity index is 1100. The largest absolute Gasteiger partial charge is 0.508 e. The summed E-state index contributed by atoms with van der Waals surface area (Å²) in [6.45, 7) is 12.7. The van der Waals surface area contributed by atoms with E-state index in [0.717, 1.165) is 76.3 Å².